The summed E-state index contributed by atoms with van der Waals surface area (Å²) in [5.74, 6) is 0.743. The van der Waals surface area contributed by atoms with E-state index in [1.807, 2.05) is 0 Å². The van der Waals surface area contributed by atoms with E-state index >= 15 is 0 Å². The molecule has 0 aliphatic heterocycles. The first kappa shape index (κ1) is 14.4. The van der Waals surface area contributed by atoms with Crippen molar-refractivity contribution >= 4 is 17.4 Å². The van der Waals surface area contributed by atoms with Gasteiger partial charge in [0.1, 0.15) is 0 Å². The summed E-state index contributed by atoms with van der Waals surface area (Å²) in [6.45, 7) is 11.8. The largest absolute Gasteiger partial charge is 0.400 e. The highest BCUT2D eigenvalue weighted by Crippen LogP contribution is 2.31. The zero-order valence-corrected chi connectivity index (χ0v) is 12.9. The lowest BCUT2D eigenvalue weighted by atomic mass is 10.2. The molecule has 0 aliphatic carbocycles. The van der Waals surface area contributed by atoms with E-state index in [9.17, 15) is 0 Å². The van der Waals surface area contributed by atoms with Crippen molar-refractivity contribution in [3.63, 3.8) is 0 Å². The summed E-state index contributed by atoms with van der Waals surface area (Å²) < 4.78 is 11.1. The average Bonchev–Trinajstić information content (AvgIpc) is 2.02. The molecule has 0 bridgehead atoms. The molecule has 1 atom stereocenters. The van der Waals surface area contributed by atoms with Gasteiger partial charge in [0.15, 0.2) is 0 Å². The second-order valence-corrected chi connectivity index (χ2v) is 14.1. The molecule has 0 spiro atoms. The first-order valence-corrected chi connectivity index (χ1v) is 10.6. The van der Waals surface area contributed by atoms with Gasteiger partial charge in [0, 0.05) is 22.3 Å². The topological polar surface area (TPSA) is 18.5 Å². The number of rotatable bonds is 6. The Labute approximate surface area is 91.9 Å². The fraction of sp³-hybridized carbons (Fsp3) is 1.00. The van der Waals surface area contributed by atoms with Gasteiger partial charge in [0.25, 0.3) is 0 Å². The van der Waals surface area contributed by atoms with Crippen LogP contribution in [0.5, 0.6) is 0 Å². The molecular weight excluding hydrogens is 208 g/mol. The fourth-order valence-electron chi connectivity index (χ4n) is 1.81. The Morgan fingerprint density at radius 3 is 1.71 bits per heavy atom. The van der Waals surface area contributed by atoms with Crippen LogP contribution in [0.3, 0.4) is 0 Å². The summed E-state index contributed by atoms with van der Waals surface area (Å²) in [7, 11) is 1.03. The van der Waals surface area contributed by atoms with E-state index in [0.29, 0.717) is 0 Å². The van der Waals surface area contributed by atoms with Crippen molar-refractivity contribution in [3.8, 4) is 0 Å². The Kier molecular flexibility index (Phi) is 6.20. The third-order valence-corrected chi connectivity index (χ3v) is 10.8. The molecule has 86 valence electrons. The molecule has 0 aromatic rings. The molecule has 0 radical (unpaired) electrons. The highest BCUT2D eigenvalue weighted by atomic mass is 28.4. The Balaban J connectivity index is 4.53. The summed E-state index contributed by atoms with van der Waals surface area (Å²) in [6, 6.07) is 0. The molecule has 0 fully saturated rings. The molecule has 0 aliphatic rings. The molecule has 0 amide bonds. The van der Waals surface area contributed by atoms with E-state index in [4.69, 9.17) is 8.85 Å². The van der Waals surface area contributed by atoms with Gasteiger partial charge in [-0.05, 0) is 17.5 Å². The molecule has 14 heavy (non-hydrogen) atoms. The maximum atomic E-state index is 5.54. The first-order chi connectivity index (χ1) is 6.32. The Morgan fingerprint density at radius 2 is 1.50 bits per heavy atom. The van der Waals surface area contributed by atoms with Crippen molar-refractivity contribution in [2.24, 2.45) is 5.92 Å². The fourth-order valence-corrected chi connectivity index (χ4v) is 8.68. The molecule has 2 nitrogen and oxygen atoms in total. The van der Waals surface area contributed by atoms with Crippen LogP contribution in [0.25, 0.3) is 0 Å². The molecule has 0 rings (SSSR count). The van der Waals surface area contributed by atoms with Gasteiger partial charge in [-0.15, -0.1) is 0 Å². The highest BCUT2D eigenvalue weighted by Gasteiger charge is 2.36. The summed E-state index contributed by atoms with van der Waals surface area (Å²) in [6.07, 6.45) is 1.26. The summed E-state index contributed by atoms with van der Waals surface area (Å²) in [5, 5.41) is 0.720. The van der Waals surface area contributed by atoms with Crippen molar-refractivity contribution in [1.29, 1.82) is 0 Å². The monoisotopic (exact) mass is 234 g/mol. The zero-order valence-electron chi connectivity index (χ0n) is 10.8. The molecular formula is C10H26O2Si2. The molecule has 4 heteroatoms. The lowest BCUT2D eigenvalue weighted by Gasteiger charge is -2.33. The van der Waals surface area contributed by atoms with E-state index in [-0.39, 0.29) is 0 Å². The molecule has 0 saturated heterocycles. The number of hydrogen-bond acceptors (Lipinski definition) is 2. The molecule has 0 saturated carbocycles. The Morgan fingerprint density at radius 1 is 1.07 bits per heavy atom. The van der Waals surface area contributed by atoms with Crippen molar-refractivity contribution in [3.05, 3.63) is 0 Å². The second-order valence-electron chi connectivity index (χ2n) is 5.44. The van der Waals surface area contributed by atoms with Crippen LogP contribution < -0.4 is 0 Å². The van der Waals surface area contributed by atoms with Crippen LogP contribution in [0.1, 0.15) is 20.3 Å². The van der Waals surface area contributed by atoms with E-state index in [0.717, 1.165) is 11.1 Å². The summed E-state index contributed by atoms with van der Waals surface area (Å²) >= 11 is 0. The summed E-state index contributed by atoms with van der Waals surface area (Å²) in [4.78, 5) is 0. The van der Waals surface area contributed by atoms with Crippen LogP contribution in [0.15, 0.2) is 0 Å². The van der Waals surface area contributed by atoms with Gasteiger partial charge in [-0.2, -0.15) is 0 Å². The summed E-state index contributed by atoms with van der Waals surface area (Å²) in [5.41, 5.74) is 0. The molecule has 0 N–H and O–H groups in total. The van der Waals surface area contributed by atoms with Crippen LogP contribution in [0.2, 0.25) is 24.8 Å². The lowest BCUT2D eigenvalue weighted by molar-refractivity contribution is 0.268. The van der Waals surface area contributed by atoms with Crippen molar-refractivity contribution in [2.75, 3.05) is 14.2 Å². The Bertz CT molecular complexity index is 151. The van der Waals surface area contributed by atoms with Crippen molar-refractivity contribution in [2.45, 2.75) is 45.1 Å². The van der Waals surface area contributed by atoms with Crippen LogP contribution in [-0.4, -0.2) is 31.6 Å². The smallest absolute Gasteiger partial charge is 0.321 e. The molecule has 0 heterocycles. The number of hydrogen-bond donors (Lipinski definition) is 0. The second kappa shape index (κ2) is 6.05. The SMILES string of the molecule is CO[SiH](OC)C(CC(C)C)[Si](C)(C)C. The van der Waals surface area contributed by atoms with E-state index in [1.54, 1.807) is 14.2 Å². The lowest BCUT2D eigenvalue weighted by Crippen LogP contribution is -2.42. The highest BCUT2D eigenvalue weighted by molar-refractivity contribution is 6.86. The van der Waals surface area contributed by atoms with Crippen LogP contribution in [0.4, 0.5) is 0 Å². The third kappa shape index (κ3) is 4.73. The van der Waals surface area contributed by atoms with Crippen molar-refractivity contribution < 1.29 is 8.85 Å². The minimum atomic E-state index is -1.43. The van der Waals surface area contributed by atoms with Gasteiger partial charge in [-0.1, -0.05) is 33.5 Å². The standard InChI is InChI=1S/C10H26O2Si2/c1-9(2)8-10(14(5,6)7)13(11-3)12-4/h9-10,13H,8H2,1-7H3. The minimum absolute atomic E-state index is 0.720. The molecule has 0 aromatic heterocycles. The maximum absolute atomic E-state index is 5.54. The van der Waals surface area contributed by atoms with E-state index < -0.39 is 17.4 Å². The van der Waals surface area contributed by atoms with Crippen LogP contribution >= 0.6 is 0 Å². The maximum Gasteiger partial charge on any atom is 0.321 e. The van der Waals surface area contributed by atoms with Crippen LogP contribution in [0, 0.1) is 5.92 Å². The van der Waals surface area contributed by atoms with Gasteiger partial charge in [0.05, 0.1) is 0 Å². The zero-order chi connectivity index (χ0) is 11.4. The molecule has 1 unspecified atom stereocenters. The van der Waals surface area contributed by atoms with Gasteiger partial charge in [0.2, 0.25) is 0 Å². The average molecular weight is 234 g/mol. The Hall–Kier alpha value is 0.354. The normalized spacial score (nSPS) is 15.2. The predicted octanol–water partition coefficient (Wildman–Crippen LogP) is 2.79. The van der Waals surface area contributed by atoms with Crippen LogP contribution in [-0.2, 0) is 8.85 Å². The van der Waals surface area contributed by atoms with Crippen molar-refractivity contribution in [1.82, 2.24) is 0 Å². The van der Waals surface area contributed by atoms with Gasteiger partial charge < -0.3 is 8.85 Å². The van der Waals surface area contributed by atoms with Gasteiger partial charge in [-0.3, -0.25) is 0 Å². The van der Waals surface area contributed by atoms with Gasteiger partial charge in [-0.25, -0.2) is 0 Å². The minimum Gasteiger partial charge on any atom is -0.400 e. The first-order valence-electron chi connectivity index (χ1n) is 5.38. The molecule has 0 aromatic carbocycles. The predicted molar refractivity (Wildman–Crippen MR) is 67.7 cm³/mol. The quantitative estimate of drug-likeness (QED) is 0.658. The third-order valence-electron chi connectivity index (χ3n) is 2.63. The van der Waals surface area contributed by atoms with Gasteiger partial charge >= 0.3 is 9.28 Å². The van der Waals surface area contributed by atoms with E-state index in [1.165, 1.54) is 6.42 Å². The van der Waals surface area contributed by atoms with E-state index in [2.05, 4.69) is 33.5 Å².